The summed E-state index contributed by atoms with van der Waals surface area (Å²) in [6.45, 7) is 6.95. The van der Waals surface area contributed by atoms with Crippen LogP contribution >= 0.6 is 0 Å². The summed E-state index contributed by atoms with van der Waals surface area (Å²) < 4.78 is 11.2. The van der Waals surface area contributed by atoms with Gasteiger partial charge in [-0.15, -0.1) is 0 Å². The summed E-state index contributed by atoms with van der Waals surface area (Å²) in [5.74, 6) is 0.876. The minimum absolute atomic E-state index is 0.214. The first-order valence-corrected chi connectivity index (χ1v) is 10.9. The predicted molar refractivity (Wildman–Crippen MR) is 127 cm³/mol. The SMILES string of the molecule is Cc1cccc(Nc2nc(Nc3ccc(OCCN4CCOCC4)cc3)ncc2C(N)=O)c1. The molecule has 9 heteroatoms. The Morgan fingerprint density at radius 3 is 2.64 bits per heavy atom. The quantitative estimate of drug-likeness (QED) is 0.458. The number of carbonyl (C=O) groups excluding carboxylic acids is 1. The van der Waals surface area contributed by atoms with Gasteiger partial charge in [-0.1, -0.05) is 12.1 Å². The fraction of sp³-hybridized carbons (Fsp3) is 0.292. The van der Waals surface area contributed by atoms with Crippen molar-refractivity contribution in [1.82, 2.24) is 14.9 Å². The third kappa shape index (κ3) is 6.41. The summed E-state index contributed by atoms with van der Waals surface area (Å²) in [5.41, 5.74) is 8.40. The van der Waals surface area contributed by atoms with Crippen LogP contribution in [0.4, 0.5) is 23.1 Å². The van der Waals surface area contributed by atoms with Gasteiger partial charge in [0.25, 0.3) is 5.91 Å². The fourth-order valence-corrected chi connectivity index (χ4v) is 3.46. The van der Waals surface area contributed by atoms with Gasteiger partial charge in [0.1, 0.15) is 23.7 Å². The summed E-state index contributed by atoms with van der Waals surface area (Å²) in [5, 5.41) is 6.31. The van der Waals surface area contributed by atoms with Crippen LogP contribution in [0.5, 0.6) is 5.75 Å². The van der Waals surface area contributed by atoms with E-state index in [4.69, 9.17) is 15.2 Å². The third-order valence-electron chi connectivity index (χ3n) is 5.23. The van der Waals surface area contributed by atoms with Crippen molar-refractivity contribution in [2.24, 2.45) is 5.73 Å². The van der Waals surface area contributed by atoms with E-state index in [1.54, 1.807) is 0 Å². The number of morpholine rings is 1. The van der Waals surface area contributed by atoms with Crippen LogP contribution in [-0.2, 0) is 4.74 Å². The molecule has 0 aliphatic carbocycles. The number of hydrogen-bond donors (Lipinski definition) is 3. The number of nitrogens with zero attached hydrogens (tertiary/aromatic N) is 3. The van der Waals surface area contributed by atoms with Gasteiger partial charge in [-0.3, -0.25) is 9.69 Å². The van der Waals surface area contributed by atoms with Gasteiger partial charge in [0, 0.05) is 37.2 Å². The van der Waals surface area contributed by atoms with E-state index >= 15 is 0 Å². The van der Waals surface area contributed by atoms with E-state index in [0.717, 1.165) is 55.5 Å². The van der Waals surface area contributed by atoms with E-state index in [1.807, 2.05) is 55.5 Å². The first kappa shape index (κ1) is 22.5. The molecule has 0 saturated carbocycles. The Bertz CT molecular complexity index is 1080. The van der Waals surface area contributed by atoms with Gasteiger partial charge in [-0.05, 0) is 48.9 Å². The van der Waals surface area contributed by atoms with Crippen molar-refractivity contribution in [3.63, 3.8) is 0 Å². The summed E-state index contributed by atoms with van der Waals surface area (Å²) >= 11 is 0. The molecular formula is C24H28N6O3. The number of anilines is 4. The number of aryl methyl sites for hydroxylation is 1. The molecule has 0 atom stereocenters. The molecule has 3 aromatic rings. The maximum absolute atomic E-state index is 11.8. The van der Waals surface area contributed by atoms with Crippen molar-refractivity contribution < 1.29 is 14.3 Å². The molecule has 33 heavy (non-hydrogen) atoms. The average Bonchev–Trinajstić information content (AvgIpc) is 2.81. The molecule has 1 aromatic heterocycles. The lowest BCUT2D eigenvalue weighted by atomic mass is 10.2. The molecule has 4 rings (SSSR count). The van der Waals surface area contributed by atoms with E-state index < -0.39 is 5.91 Å². The Kier molecular flexibility index (Phi) is 7.33. The maximum Gasteiger partial charge on any atom is 0.254 e. The van der Waals surface area contributed by atoms with Gasteiger partial charge in [-0.25, -0.2) is 4.98 Å². The van der Waals surface area contributed by atoms with Gasteiger partial charge >= 0.3 is 0 Å². The predicted octanol–water partition coefficient (Wildman–Crippen LogP) is 3.08. The molecule has 4 N–H and O–H groups in total. The van der Waals surface area contributed by atoms with Gasteiger partial charge in [0.15, 0.2) is 0 Å². The number of rotatable bonds is 9. The zero-order valence-corrected chi connectivity index (χ0v) is 18.6. The second-order valence-electron chi connectivity index (χ2n) is 7.77. The molecule has 0 bridgehead atoms. The highest BCUT2D eigenvalue weighted by Crippen LogP contribution is 2.23. The van der Waals surface area contributed by atoms with Crippen LogP contribution in [-0.4, -0.2) is 60.2 Å². The molecule has 2 heterocycles. The molecule has 172 valence electrons. The monoisotopic (exact) mass is 448 g/mol. The molecule has 1 fully saturated rings. The molecule has 2 aromatic carbocycles. The number of ether oxygens (including phenoxy) is 2. The maximum atomic E-state index is 11.8. The van der Waals surface area contributed by atoms with Gasteiger partial charge in [0.2, 0.25) is 5.95 Å². The molecule has 1 saturated heterocycles. The molecule has 1 aliphatic heterocycles. The van der Waals surface area contributed by atoms with E-state index in [1.165, 1.54) is 6.20 Å². The first-order chi connectivity index (χ1) is 16.1. The Balaban J connectivity index is 1.39. The third-order valence-corrected chi connectivity index (χ3v) is 5.23. The number of aromatic nitrogens is 2. The minimum atomic E-state index is -0.602. The lowest BCUT2D eigenvalue weighted by Gasteiger charge is -2.26. The standard InChI is InChI=1S/C24H28N6O3/c1-17-3-2-4-19(15-17)27-23-21(22(25)31)16-26-24(29-23)28-18-5-7-20(8-6-18)33-14-11-30-9-12-32-13-10-30/h2-8,15-16H,9-14H2,1H3,(H2,25,31)(H2,26,27,28,29). The highest BCUT2D eigenvalue weighted by Gasteiger charge is 2.13. The van der Waals surface area contributed by atoms with E-state index in [0.29, 0.717) is 18.4 Å². The Hall–Kier alpha value is -3.69. The summed E-state index contributed by atoms with van der Waals surface area (Å²) in [4.78, 5) is 22.8. The highest BCUT2D eigenvalue weighted by atomic mass is 16.5. The number of benzene rings is 2. The second kappa shape index (κ2) is 10.8. The number of hydrogen-bond acceptors (Lipinski definition) is 8. The molecule has 0 radical (unpaired) electrons. The van der Waals surface area contributed by atoms with Crippen molar-refractivity contribution in [3.05, 3.63) is 65.9 Å². The van der Waals surface area contributed by atoms with E-state index in [9.17, 15) is 4.79 Å². The van der Waals surface area contributed by atoms with Crippen LogP contribution in [0.1, 0.15) is 15.9 Å². The van der Waals surface area contributed by atoms with Gasteiger partial charge in [0.05, 0.1) is 13.2 Å². The summed E-state index contributed by atoms with van der Waals surface area (Å²) in [7, 11) is 0. The zero-order chi connectivity index (χ0) is 23.0. The van der Waals surface area contributed by atoms with Gasteiger partial charge < -0.3 is 25.8 Å². The second-order valence-corrected chi connectivity index (χ2v) is 7.77. The Morgan fingerprint density at radius 2 is 1.91 bits per heavy atom. The van der Waals surface area contributed by atoms with Crippen LogP contribution < -0.4 is 21.1 Å². The topological polar surface area (TPSA) is 115 Å². The minimum Gasteiger partial charge on any atom is -0.492 e. The normalized spacial score (nSPS) is 14.0. The Morgan fingerprint density at radius 1 is 1.12 bits per heavy atom. The smallest absolute Gasteiger partial charge is 0.254 e. The van der Waals surface area contributed by atoms with Crippen molar-refractivity contribution in [1.29, 1.82) is 0 Å². The number of amides is 1. The molecule has 0 spiro atoms. The Labute approximate surface area is 192 Å². The van der Waals surface area contributed by atoms with Crippen LogP contribution in [0, 0.1) is 6.92 Å². The van der Waals surface area contributed by atoms with Crippen molar-refractivity contribution in [2.75, 3.05) is 50.1 Å². The molecule has 9 nitrogen and oxygen atoms in total. The number of nitrogens with one attached hydrogen (secondary N) is 2. The fourth-order valence-electron chi connectivity index (χ4n) is 3.46. The molecule has 0 unspecified atom stereocenters. The number of primary amides is 1. The lowest BCUT2D eigenvalue weighted by molar-refractivity contribution is 0.0322. The van der Waals surface area contributed by atoms with Crippen LogP contribution in [0.25, 0.3) is 0 Å². The highest BCUT2D eigenvalue weighted by molar-refractivity contribution is 5.98. The summed E-state index contributed by atoms with van der Waals surface area (Å²) in [6, 6.07) is 15.3. The van der Waals surface area contributed by atoms with Crippen LogP contribution in [0.3, 0.4) is 0 Å². The lowest BCUT2D eigenvalue weighted by Crippen LogP contribution is -2.38. The van der Waals surface area contributed by atoms with Crippen molar-refractivity contribution in [2.45, 2.75) is 6.92 Å². The van der Waals surface area contributed by atoms with Crippen LogP contribution in [0.2, 0.25) is 0 Å². The number of nitrogens with two attached hydrogens (primary N) is 1. The van der Waals surface area contributed by atoms with Crippen molar-refractivity contribution >= 4 is 29.0 Å². The first-order valence-electron chi connectivity index (χ1n) is 10.9. The zero-order valence-electron chi connectivity index (χ0n) is 18.6. The number of carbonyl (C=O) groups is 1. The largest absolute Gasteiger partial charge is 0.492 e. The van der Waals surface area contributed by atoms with E-state index in [-0.39, 0.29) is 5.56 Å². The molecular weight excluding hydrogens is 420 g/mol. The average molecular weight is 449 g/mol. The molecule has 1 aliphatic rings. The van der Waals surface area contributed by atoms with Crippen molar-refractivity contribution in [3.8, 4) is 5.75 Å². The van der Waals surface area contributed by atoms with Gasteiger partial charge in [-0.2, -0.15) is 4.98 Å². The molecule has 1 amide bonds. The van der Waals surface area contributed by atoms with E-state index in [2.05, 4.69) is 25.5 Å². The van der Waals surface area contributed by atoms with Crippen LogP contribution in [0.15, 0.2) is 54.7 Å². The summed E-state index contributed by atoms with van der Waals surface area (Å²) in [6.07, 6.45) is 1.42.